The van der Waals surface area contributed by atoms with Crippen molar-refractivity contribution in [1.29, 1.82) is 0 Å². The summed E-state index contributed by atoms with van der Waals surface area (Å²) < 4.78 is 6.09. The normalized spacial score (nSPS) is 20.6. The van der Waals surface area contributed by atoms with E-state index in [0.717, 1.165) is 36.9 Å². The summed E-state index contributed by atoms with van der Waals surface area (Å²) in [6.45, 7) is 9.65. The predicted molar refractivity (Wildman–Crippen MR) is 83.5 cm³/mol. The minimum Gasteiger partial charge on any atom is -0.490 e. The summed E-state index contributed by atoms with van der Waals surface area (Å²) >= 11 is 6.42. The Morgan fingerprint density at radius 3 is 2.70 bits per heavy atom. The van der Waals surface area contributed by atoms with Crippen LogP contribution < -0.4 is 4.74 Å². The van der Waals surface area contributed by atoms with Gasteiger partial charge in [-0.15, -0.1) is 0 Å². The van der Waals surface area contributed by atoms with E-state index >= 15 is 0 Å². The molecule has 0 saturated heterocycles. The first-order chi connectivity index (χ1) is 9.54. The van der Waals surface area contributed by atoms with Crippen molar-refractivity contribution in [3.05, 3.63) is 28.3 Å². The fourth-order valence-corrected chi connectivity index (χ4v) is 3.49. The van der Waals surface area contributed by atoms with Gasteiger partial charge in [-0.2, -0.15) is 0 Å². The van der Waals surface area contributed by atoms with Crippen LogP contribution in [0.25, 0.3) is 0 Å². The Kier molecular flexibility index (Phi) is 3.72. The second-order valence-corrected chi connectivity index (χ2v) is 7.11. The lowest BCUT2D eigenvalue weighted by atomic mass is 10.1. The number of benzene rings is 1. The summed E-state index contributed by atoms with van der Waals surface area (Å²) in [7, 11) is 0. The van der Waals surface area contributed by atoms with Crippen LogP contribution in [0.15, 0.2) is 12.1 Å². The van der Waals surface area contributed by atoms with Crippen molar-refractivity contribution in [3.8, 4) is 5.75 Å². The number of aryl methyl sites for hydroxylation is 1. The average molecular weight is 294 g/mol. The highest BCUT2D eigenvalue weighted by Gasteiger charge is 2.50. The first-order valence-corrected chi connectivity index (χ1v) is 8.11. The fraction of sp³-hybridized carbons (Fsp3) is 0.647. The molecular formula is C17H24ClNO. The molecule has 1 aromatic carbocycles. The van der Waals surface area contributed by atoms with Gasteiger partial charge in [0.25, 0.3) is 0 Å². The molecule has 2 nitrogen and oxygen atoms in total. The molecule has 1 aliphatic heterocycles. The van der Waals surface area contributed by atoms with Crippen LogP contribution in [0, 0.1) is 5.92 Å². The highest BCUT2D eigenvalue weighted by molar-refractivity contribution is 6.32. The van der Waals surface area contributed by atoms with Crippen LogP contribution in [0.5, 0.6) is 5.75 Å². The Bertz CT molecular complexity index is 508. The van der Waals surface area contributed by atoms with E-state index < -0.39 is 0 Å². The lowest BCUT2D eigenvalue weighted by Gasteiger charge is -2.30. The maximum absolute atomic E-state index is 6.42. The van der Waals surface area contributed by atoms with Gasteiger partial charge >= 0.3 is 0 Å². The zero-order chi connectivity index (χ0) is 14.3. The van der Waals surface area contributed by atoms with Gasteiger partial charge < -0.3 is 4.74 Å². The SMILES string of the molecule is CCc1cc(Cl)c2c(c1)CN(CC(C)C)C1(CC1)CO2. The Morgan fingerprint density at radius 1 is 1.35 bits per heavy atom. The lowest BCUT2D eigenvalue weighted by molar-refractivity contribution is 0.113. The maximum atomic E-state index is 6.42. The Balaban J connectivity index is 1.94. The first kappa shape index (κ1) is 14.2. The molecule has 0 atom stereocenters. The molecule has 1 aliphatic carbocycles. The zero-order valence-electron chi connectivity index (χ0n) is 12.7. The van der Waals surface area contributed by atoms with Crippen molar-refractivity contribution in [2.75, 3.05) is 13.2 Å². The molecule has 0 N–H and O–H groups in total. The van der Waals surface area contributed by atoms with Gasteiger partial charge in [0, 0.05) is 18.7 Å². The molecule has 1 saturated carbocycles. The quantitative estimate of drug-likeness (QED) is 0.824. The molecular weight excluding hydrogens is 270 g/mol. The van der Waals surface area contributed by atoms with E-state index in [1.54, 1.807) is 0 Å². The van der Waals surface area contributed by atoms with E-state index in [0.29, 0.717) is 5.92 Å². The second kappa shape index (κ2) is 5.23. The first-order valence-electron chi connectivity index (χ1n) is 7.73. The summed E-state index contributed by atoms with van der Waals surface area (Å²) in [6, 6.07) is 4.33. The highest BCUT2D eigenvalue weighted by atomic mass is 35.5. The molecule has 20 heavy (non-hydrogen) atoms. The smallest absolute Gasteiger partial charge is 0.142 e. The van der Waals surface area contributed by atoms with E-state index in [4.69, 9.17) is 16.3 Å². The van der Waals surface area contributed by atoms with Crippen molar-refractivity contribution >= 4 is 11.6 Å². The van der Waals surface area contributed by atoms with Gasteiger partial charge in [-0.1, -0.05) is 38.4 Å². The second-order valence-electron chi connectivity index (χ2n) is 6.71. The molecule has 1 fully saturated rings. The number of hydrogen-bond acceptors (Lipinski definition) is 2. The summed E-state index contributed by atoms with van der Waals surface area (Å²) in [4.78, 5) is 2.62. The molecule has 0 aromatic heterocycles. The number of ether oxygens (including phenoxy) is 1. The van der Waals surface area contributed by atoms with Gasteiger partial charge in [-0.3, -0.25) is 4.90 Å². The van der Waals surface area contributed by atoms with Crippen LogP contribution in [0.2, 0.25) is 5.02 Å². The molecule has 0 unspecified atom stereocenters. The van der Waals surface area contributed by atoms with E-state index in [2.05, 4.69) is 37.8 Å². The van der Waals surface area contributed by atoms with E-state index in [1.807, 2.05) is 0 Å². The average Bonchev–Trinajstić information content (AvgIpc) is 3.18. The molecule has 3 rings (SSSR count). The van der Waals surface area contributed by atoms with Crippen LogP contribution in [0.3, 0.4) is 0 Å². The summed E-state index contributed by atoms with van der Waals surface area (Å²) in [5.41, 5.74) is 2.84. The van der Waals surface area contributed by atoms with Crippen molar-refractivity contribution in [1.82, 2.24) is 4.90 Å². The van der Waals surface area contributed by atoms with Crippen molar-refractivity contribution < 1.29 is 4.74 Å². The predicted octanol–water partition coefficient (Wildman–Crippen LogP) is 4.29. The van der Waals surface area contributed by atoms with Crippen LogP contribution in [0.1, 0.15) is 44.7 Å². The number of hydrogen-bond donors (Lipinski definition) is 0. The third-order valence-corrected chi connectivity index (χ3v) is 4.80. The molecule has 0 amide bonds. The Hall–Kier alpha value is -0.730. The minimum atomic E-state index is 0.277. The number of fused-ring (bicyclic) bond motifs is 1. The Labute approximate surface area is 127 Å². The minimum absolute atomic E-state index is 0.277. The third-order valence-electron chi connectivity index (χ3n) is 4.52. The van der Waals surface area contributed by atoms with Crippen LogP contribution in [-0.4, -0.2) is 23.6 Å². The molecule has 0 bridgehead atoms. The number of halogens is 1. The van der Waals surface area contributed by atoms with Crippen LogP contribution >= 0.6 is 11.6 Å². The summed E-state index contributed by atoms with van der Waals surface area (Å²) in [5.74, 6) is 1.60. The van der Waals surface area contributed by atoms with Gasteiger partial charge in [0.2, 0.25) is 0 Å². The van der Waals surface area contributed by atoms with Crippen LogP contribution in [-0.2, 0) is 13.0 Å². The monoisotopic (exact) mass is 293 g/mol. The van der Waals surface area contributed by atoms with Gasteiger partial charge in [-0.05, 0) is 36.8 Å². The molecule has 3 heteroatoms. The topological polar surface area (TPSA) is 12.5 Å². The largest absolute Gasteiger partial charge is 0.490 e. The molecule has 110 valence electrons. The zero-order valence-corrected chi connectivity index (χ0v) is 13.5. The van der Waals surface area contributed by atoms with Gasteiger partial charge in [0.05, 0.1) is 10.6 Å². The van der Waals surface area contributed by atoms with Gasteiger partial charge in [0.15, 0.2) is 0 Å². The molecule has 1 heterocycles. The highest BCUT2D eigenvalue weighted by Crippen LogP contribution is 2.47. The summed E-state index contributed by atoms with van der Waals surface area (Å²) in [6.07, 6.45) is 3.53. The molecule has 2 aliphatic rings. The van der Waals surface area contributed by atoms with Gasteiger partial charge in [0.1, 0.15) is 12.4 Å². The van der Waals surface area contributed by atoms with E-state index in [9.17, 15) is 0 Å². The number of rotatable bonds is 3. The summed E-state index contributed by atoms with van der Waals surface area (Å²) in [5, 5.41) is 0.779. The van der Waals surface area contributed by atoms with Crippen molar-refractivity contribution in [2.45, 2.75) is 52.1 Å². The maximum Gasteiger partial charge on any atom is 0.142 e. The van der Waals surface area contributed by atoms with Crippen molar-refractivity contribution in [3.63, 3.8) is 0 Å². The van der Waals surface area contributed by atoms with Gasteiger partial charge in [-0.25, -0.2) is 0 Å². The Morgan fingerprint density at radius 2 is 2.10 bits per heavy atom. The lowest BCUT2D eigenvalue weighted by Crippen LogP contribution is -2.41. The fourth-order valence-electron chi connectivity index (χ4n) is 3.17. The molecule has 0 radical (unpaired) electrons. The van der Waals surface area contributed by atoms with Crippen molar-refractivity contribution in [2.24, 2.45) is 5.92 Å². The van der Waals surface area contributed by atoms with E-state index in [-0.39, 0.29) is 5.54 Å². The third kappa shape index (κ3) is 2.56. The number of nitrogens with zero attached hydrogens (tertiary/aromatic N) is 1. The van der Waals surface area contributed by atoms with Crippen LogP contribution in [0.4, 0.5) is 0 Å². The standard InChI is InChI=1S/C17H24ClNO/c1-4-13-7-14-10-19(9-12(2)3)17(5-6-17)11-20-16(14)15(18)8-13/h7-8,12H,4-6,9-11H2,1-3H3. The molecule has 1 spiro atoms. The molecule has 1 aromatic rings. The van der Waals surface area contributed by atoms with E-state index in [1.165, 1.54) is 24.0 Å².